The molecule has 34 heavy (non-hydrogen) atoms. The van der Waals surface area contributed by atoms with Gasteiger partial charge in [0.05, 0.1) is 12.3 Å². The molecule has 1 aromatic heterocycles. The Morgan fingerprint density at radius 2 is 1.76 bits per heavy atom. The van der Waals surface area contributed by atoms with Crippen LogP contribution in [-0.2, 0) is 16.1 Å². The quantitative estimate of drug-likeness (QED) is 0.511. The SMILES string of the molecule is Cc1ccc(-c2nn(C[C@H]3CC[C@H](COCC(=O)O)CC3)c(=O)cc2-c2ccccc2)cc1F. The van der Waals surface area contributed by atoms with Gasteiger partial charge in [0.2, 0.25) is 0 Å². The Bertz CT molecular complexity index is 1200. The lowest BCUT2D eigenvalue weighted by molar-refractivity contribution is -0.142. The third-order valence-corrected chi connectivity index (χ3v) is 6.50. The largest absolute Gasteiger partial charge is 0.480 e. The van der Waals surface area contributed by atoms with Gasteiger partial charge in [0.15, 0.2) is 0 Å². The molecule has 1 fully saturated rings. The first-order chi connectivity index (χ1) is 16.4. The van der Waals surface area contributed by atoms with E-state index >= 15 is 0 Å². The minimum Gasteiger partial charge on any atom is -0.480 e. The summed E-state index contributed by atoms with van der Waals surface area (Å²) in [5.41, 5.74) is 3.14. The highest BCUT2D eigenvalue weighted by Gasteiger charge is 2.23. The number of carbonyl (C=O) groups is 1. The van der Waals surface area contributed by atoms with E-state index in [1.54, 1.807) is 19.1 Å². The van der Waals surface area contributed by atoms with Gasteiger partial charge in [-0.05, 0) is 61.6 Å². The molecule has 0 unspecified atom stereocenters. The van der Waals surface area contributed by atoms with Crippen molar-refractivity contribution in [3.8, 4) is 22.4 Å². The number of ether oxygens (including phenoxy) is 1. The maximum Gasteiger partial charge on any atom is 0.329 e. The molecule has 3 aromatic rings. The maximum atomic E-state index is 14.4. The third kappa shape index (κ3) is 5.78. The van der Waals surface area contributed by atoms with E-state index in [1.807, 2.05) is 36.4 Å². The van der Waals surface area contributed by atoms with Crippen molar-refractivity contribution in [2.75, 3.05) is 13.2 Å². The van der Waals surface area contributed by atoms with E-state index < -0.39 is 5.97 Å². The minimum atomic E-state index is -0.956. The molecule has 4 rings (SSSR count). The van der Waals surface area contributed by atoms with Gasteiger partial charge in [-0.15, -0.1) is 0 Å². The molecular formula is C27H29FN2O4. The lowest BCUT2D eigenvalue weighted by atomic mass is 9.82. The number of carboxylic acid groups (broad SMARTS) is 1. The molecule has 7 heteroatoms. The normalized spacial score (nSPS) is 18.1. The van der Waals surface area contributed by atoms with Crippen LogP contribution in [0, 0.1) is 24.6 Å². The van der Waals surface area contributed by atoms with Crippen LogP contribution in [0.3, 0.4) is 0 Å². The van der Waals surface area contributed by atoms with E-state index in [1.165, 1.54) is 10.7 Å². The molecule has 0 atom stereocenters. The van der Waals surface area contributed by atoms with Crippen molar-refractivity contribution < 1.29 is 19.0 Å². The van der Waals surface area contributed by atoms with Gasteiger partial charge < -0.3 is 9.84 Å². The molecule has 0 spiro atoms. The van der Waals surface area contributed by atoms with Crippen molar-refractivity contribution in [2.45, 2.75) is 39.2 Å². The van der Waals surface area contributed by atoms with E-state index in [-0.39, 0.29) is 18.0 Å². The fraction of sp³-hybridized carbons (Fsp3) is 0.370. The van der Waals surface area contributed by atoms with Crippen LogP contribution in [-0.4, -0.2) is 34.1 Å². The van der Waals surface area contributed by atoms with E-state index in [2.05, 4.69) is 0 Å². The maximum absolute atomic E-state index is 14.4. The molecule has 1 saturated carbocycles. The van der Waals surface area contributed by atoms with E-state index in [0.29, 0.717) is 47.4 Å². The zero-order valence-electron chi connectivity index (χ0n) is 19.2. The molecule has 0 bridgehead atoms. The number of aromatic nitrogens is 2. The molecule has 0 radical (unpaired) electrons. The Balaban J connectivity index is 1.56. The Kier molecular flexibility index (Phi) is 7.53. The van der Waals surface area contributed by atoms with Crippen molar-refractivity contribution in [3.63, 3.8) is 0 Å². The average Bonchev–Trinajstić information content (AvgIpc) is 2.83. The molecule has 1 aliphatic carbocycles. The molecule has 2 aromatic carbocycles. The second kappa shape index (κ2) is 10.7. The fourth-order valence-corrected chi connectivity index (χ4v) is 4.55. The summed E-state index contributed by atoms with van der Waals surface area (Å²) in [6, 6.07) is 16.2. The summed E-state index contributed by atoms with van der Waals surface area (Å²) in [6.45, 7) is 2.40. The van der Waals surface area contributed by atoms with Crippen molar-refractivity contribution >= 4 is 5.97 Å². The number of hydrogen-bond acceptors (Lipinski definition) is 4. The summed E-state index contributed by atoms with van der Waals surface area (Å²) < 4.78 is 21.1. The molecule has 0 amide bonds. The van der Waals surface area contributed by atoms with Crippen molar-refractivity contribution in [2.24, 2.45) is 11.8 Å². The number of hydrogen-bond donors (Lipinski definition) is 1. The second-order valence-electron chi connectivity index (χ2n) is 9.05. The first kappa shape index (κ1) is 23.8. The van der Waals surface area contributed by atoms with Gasteiger partial charge >= 0.3 is 5.97 Å². The molecule has 1 aliphatic rings. The minimum absolute atomic E-state index is 0.179. The molecule has 1 heterocycles. The molecule has 1 N–H and O–H groups in total. The summed E-state index contributed by atoms with van der Waals surface area (Å²) in [5.74, 6) is -0.625. The number of aliphatic carboxylic acids is 1. The summed E-state index contributed by atoms with van der Waals surface area (Å²) in [7, 11) is 0. The molecule has 0 aliphatic heterocycles. The monoisotopic (exact) mass is 464 g/mol. The Morgan fingerprint density at radius 1 is 1.06 bits per heavy atom. The van der Waals surface area contributed by atoms with Crippen LogP contribution in [0.1, 0.15) is 31.2 Å². The molecule has 178 valence electrons. The smallest absolute Gasteiger partial charge is 0.329 e. The highest BCUT2D eigenvalue weighted by Crippen LogP contribution is 2.32. The average molecular weight is 465 g/mol. The van der Waals surface area contributed by atoms with Gasteiger partial charge in [-0.25, -0.2) is 13.9 Å². The zero-order valence-corrected chi connectivity index (χ0v) is 19.2. The number of carboxylic acids is 1. The fourth-order valence-electron chi connectivity index (χ4n) is 4.55. The lowest BCUT2D eigenvalue weighted by Crippen LogP contribution is -2.29. The van der Waals surface area contributed by atoms with E-state index in [0.717, 1.165) is 31.2 Å². The number of halogens is 1. The highest BCUT2D eigenvalue weighted by atomic mass is 19.1. The highest BCUT2D eigenvalue weighted by molar-refractivity contribution is 5.80. The predicted molar refractivity (Wildman–Crippen MR) is 128 cm³/mol. The van der Waals surface area contributed by atoms with Crippen molar-refractivity contribution in [1.82, 2.24) is 9.78 Å². The summed E-state index contributed by atoms with van der Waals surface area (Å²) in [6.07, 6.45) is 3.70. The standard InChI is InChI=1S/C27H29FN2O4/c1-18-7-12-22(13-24(18)28)27-23(21-5-3-2-4-6-21)14-25(31)30(29-27)15-19-8-10-20(11-9-19)16-34-17-26(32)33/h2-7,12-14,19-20H,8-11,15-17H2,1H3,(H,32,33)/t19-,20-. The first-order valence-electron chi connectivity index (χ1n) is 11.6. The molecular weight excluding hydrogens is 435 g/mol. The lowest BCUT2D eigenvalue weighted by Gasteiger charge is -2.28. The van der Waals surface area contributed by atoms with Gasteiger partial charge in [0.25, 0.3) is 5.56 Å². The van der Waals surface area contributed by atoms with Gasteiger partial charge in [-0.3, -0.25) is 4.79 Å². The molecule has 0 saturated heterocycles. The van der Waals surface area contributed by atoms with Crippen LogP contribution >= 0.6 is 0 Å². The van der Waals surface area contributed by atoms with Gasteiger partial charge in [-0.2, -0.15) is 5.10 Å². The zero-order chi connectivity index (χ0) is 24.1. The van der Waals surface area contributed by atoms with Gasteiger partial charge in [0.1, 0.15) is 12.4 Å². The topological polar surface area (TPSA) is 81.4 Å². The summed E-state index contributed by atoms with van der Waals surface area (Å²) in [4.78, 5) is 23.6. The Morgan fingerprint density at radius 3 is 2.44 bits per heavy atom. The van der Waals surface area contributed by atoms with E-state index in [4.69, 9.17) is 14.9 Å². The van der Waals surface area contributed by atoms with Crippen LogP contribution in [0.15, 0.2) is 59.4 Å². The van der Waals surface area contributed by atoms with Gasteiger partial charge in [0, 0.05) is 23.7 Å². The first-order valence-corrected chi connectivity index (χ1v) is 11.6. The van der Waals surface area contributed by atoms with Gasteiger partial charge in [-0.1, -0.05) is 42.5 Å². The van der Waals surface area contributed by atoms with Crippen molar-refractivity contribution in [1.29, 1.82) is 0 Å². The van der Waals surface area contributed by atoms with Crippen LogP contribution in [0.2, 0.25) is 0 Å². The Labute approximate surface area is 198 Å². The number of aryl methyl sites for hydroxylation is 1. The number of rotatable bonds is 8. The second-order valence-corrected chi connectivity index (χ2v) is 9.05. The summed E-state index contributed by atoms with van der Waals surface area (Å²) >= 11 is 0. The van der Waals surface area contributed by atoms with Crippen LogP contribution in [0.5, 0.6) is 0 Å². The van der Waals surface area contributed by atoms with Crippen LogP contribution in [0.25, 0.3) is 22.4 Å². The molecule has 6 nitrogen and oxygen atoms in total. The predicted octanol–water partition coefficient (Wildman–Crippen LogP) is 4.93. The van der Waals surface area contributed by atoms with Crippen LogP contribution in [0.4, 0.5) is 4.39 Å². The van der Waals surface area contributed by atoms with E-state index in [9.17, 15) is 14.0 Å². The van der Waals surface area contributed by atoms with Crippen LogP contribution < -0.4 is 5.56 Å². The van der Waals surface area contributed by atoms with Crippen molar-refractivity contribution in [3.05, 3.63) is 76.3 Å². The number of nitrogens with zero attached hydrogens (tertiary/aromatic N) is 2. The Hall–Kier alpha value is -3.32. The summed E-state index contributed by atoms with van der Waals surface area (Å²) in [5, 5.41) is 13.4. The number of benzene rings is 2. The third-order valence-electron chi connectivity index (χ3n) is 6.50.